The molecule has 0 radical (unpaired) electrons. The van der Waals surface area contributed by atoms with Crippen molar-refractivity contribution in [3.63, 3.8) is 0 Å². The number of benzene rings is 1. The summed E-state index contributed by atoms with van der Waals surface area (Å²) in [4.78, 5) is 23.5. The van der Waals surface area contributed by atoms with Crippen LogP contribution in [0.2, 0.25) is 0 Å². The number of hydrogen-bond acceptors (Lipinski definition) is 2. The number of aryl methyl sites for hydroxylation is 2. The first-order valence-electron chi connectivity index (χ1n) is 8.58. The minimum absolute atomic E-state index is 0.0559. The van der Waals surface area contributed by atoms with Crippen LogP contribution in [0.4, 0.5) is 0 Å². The van der Waals surface area contributed by atoms with Gasteiger partial charge in [0.2, 0.25) is 5.91 Å². The molecule has 1 amide bonds. The van der Waals surface area contributed by atoms with E-state index < -0.39 is 0 Å². The molecule has 1 atom stereocenters. The van der Waals surface area contributed by atoms with Crippen molar-refractivity contribution in [1.82, 2.24) is 20.3 Å². The highest BCUT2D eigenvalue weighted by Crippen LogP contribution is 2.24. The van der Waals surface area contributed by atoms with Gasteiger partial charge in [-0.25, -0.2) is 4.98 Å². The van der Waals surface area contributed by atoms with E-state index in [4.69, 9.17) is 0 Å². The Bertz CT molecular complexity index is 877. The van der Waals surface area contributed by atoms with Crippen LogP contribution in [0.15, 0.2) is 30.5 Å². The lowest BCUT2D eigenvalue weighted by Gasteiger charge is -2.20. The van der Waals surface area contributed by atoms with Gasteiger partial charge in [-0.05, 0) is 37.8 Å². The first-order valence-corrected chi connectivity index (χ1v) is 8.58. The second-order valence-electron chi connectivity index (χ2n) is 6.59. The van der Waals surface area contributed by atoms with Gasteiger partial charge in [0.15, 0.2) is 0 Å². The highest BCUT2D eigenvalue weighted by Gasteiger charge is 2.26. The van der Waals surface area contributed by atoms with Crippen molar-refractivity contribution in [2.24, 2.45) is 5.92 Å². The predicted octanol–water partition coefficient (Wildman–Crippen LogP) is 2.66. The summed E-state index contributed by atoms with van der Waals surface area (Å²) in [6.45, 7) is 2.64. The molecule has 0 aliphatic heterocycles. The molecule has 2 heterocycles. The number of rotatable bonds is 4. The van der Waals surface area contributed by atoms with E-state index in [1.54, 1.807) is 0 Å². The van der Waals surface area contributed by atoms with E-state index in [0.717, 1.165) is 48.4 Å². The molecule has 1 aliphatic rings. The number of fused-ring (bicyclic) bond motifs is 2. The van der Waals surface area contributed by atoms with Gasteiger partial charge in [0.25, 0.3) is 0 Å². The van der Waals surface area contributed by atoms with Gasteiger partial charge in [-0.3, -0.25) is 4.79 Å². The number of nitrogens with one attached hydrogen (secondary N) is 3. The normalized spacial score (nSPS) is 17.0. The average Bonchev–Trinajstić information content (AvgIpc) is 3.16. The Morgan fingerprint density at radius 2 is 2.25 bits per heavy atom. The second kappa shape index (κ2) is 6.15. The Hall–Kier alpha value is -2.56. The number of aromatic nitrogens is 3. The molecule has 0 saturated heterocycles. The maximum Gasteiger partial charge on any atom is 0.223 e. The number of imidazole rings is 1. The number of H-pyrrole nitrogens is 2. The number of hydrogen-bond donors (Lipinski definition) is 3. The third-order valence-electron chi connectivity index (χ3n) is 4.90. The molecule has 0 saturated carbocycles. The molecule has 1 unspecified atom stereocenters. The smallest absolute Gasteiger partial charge is 0.223 e. The fraction of sp³-hybridized carbons (Fsp3) is 0.368. The summed E-state index contributed by atoms with van der Waals surface area (Å²) in [7, 11) is 0. The fourth-order valence-electron chi connectivity index (χ4n) is 3.65. The molecule has 4 rings (SSSR count). The molecule has 124 valence electrons. The van der Waals surface area contributed by atoms with Crippen LogP contribution < -0.4 is 5.32 Å². The number of carbonyl (C=O) groups is 1. The molecule has 0 spiro atoms. The van der Waals surface area contributed by atoms with Crippen LogP contribution >= 0.6 is 0 Å². The van der Waals surface area contributed by atoms with Crippen LogP contribution in [-0.4, -0.2) is 27.4 Å². The monoisotopic (exact) mass is 322 g/mol. The number of carbonyl (C=O) groups excluding carboxylic acids is 1. The van der Waals surface area contributed by atoms with Gasteiger partial charge in [-0.15, -0.1) is 0 Å². The SMILES string of the molecule is Cc1nc2c([nH]1)CC(C(=O)NCCc1c[nH]c3ccccc13)CC2. The van der Waals surface area contributed by atoms with Gasteiger partial charge in [0.1, 0.15) is 5.82 Å². The molecular weight excluding hydrogens is 300 g/mol. The van der Waals surface area contributed by atoms with Crippen molar-refractivity contribution in [3.8, 4) is 0 Å². The summed E-state index contributed by atoms with van der Waals surface area (Å²) in [6.07, 6.45) is 5.43. The standard InChI is InChI=1S/C19H22N4O/c1-12-22-17-7-6-13(10-18(17)23-12)19(24)20-9-8-14-11-21-16-5-3-2-4-15(14)16/h2-5,11,13,21H,6-10H2,1H3,(H,20,24)(H,22,23). The van der Waals surface area contributed by atoms with E-state index in [-0.39, 0.29) is 11.8 Å². The zero-order valence-electron chi connectivity index (χ0n) is 13.9. The van der Waals surface area contributed by atoms with Gasteiger partial charge in [-0.2, -0.15) is 0 Å². The fourth-order valence-corrected chi connectivity index (χ4v) is 3.65. The van der Waals surface area contributed by atoms with Gasteiger partial charge in [-0.1, -0.05) is 18.2 Å². The predicted molar refractivity (Wildman–Crippen MR) is 93.9 cm³/mol. The Morgan fingerprint density at radius 3 is 3.17 bits per heavy atom. The van der Waals surface area contributed by atoms with Crippen LogP contribution in [-0.2, 0) is 24.1 Å². The highest BCUT2D eigenvalue weighted by atomic mass is 16.1. The molecule has 2 aromatic heterocycles. The van der Waals surface area contributed by atoms with E-state index >= 15 is 0 Å². The Kier molecular flexibility index (Phi) is 3.84. The maximum atomic E-state index is 12.5. The van der Waals surface area contributed by atoms with Crippen molar-refractivity contribution in [2.75, 3.05) is 6.54 Å². The number of aromatic amines is 2. The van der Waals surface area contributed by atoms with Gasteiger partial charge in [0.05, 0.1) is 5.69 Å². The molecule has 24 heavy (non-hydrogen) atoms. The van der Waals surface area contributed by atoms with Crippen LogP contribution in [0.1, 0.15) is 29.2 Å². The van der Waals surface area contributed by atoms with Crippen molar-refractivity contribution in [3.05, 3.63) is 53.2 Å². The Labute approximate surface area is 140 Å². The van der Waals surface area contributed by atoms with Gasteiger partial charge in [0, 0.05) is 41.7 Å². The third kappa shape index (κ3) is 2.82. The van der Waals surface area contributed by atoms with Crippen LogP contribution in [0, 0.1) is 12.8 Å². The van der Waals surface area contributed by atoms with Crippen LogP contribution in [0.25, 0.3) is 10.9 Å². The number of para-hydroxylation sites is 1. The minimum atomic E-state index is 0.0559. The molecule has 5 nitrogen and oxygen atoms in total. The van der Waals surface area contributed by atoms with Crippen LogP contribution in [0.3, 0.4) is 0 Å². The zero-order valence-corrected chi connectivity index (χ0v) is 13.9. The van der Waals surface area contributed by atoms with E-state index in [2.05, 4.69) is 32.4 Å². The van der Waals surface area contributed by atoms with E-state index in [0.29, 0.717) is 6.54 Å². The Balaban J connectivity index is 1.34. The average molecular weight is 322 g/mol. The van der Waals surface area contributed by atoms with Crippen molar-refractivity contribution in [1.29, 1.82) is 0 Å². The Morgan fingerprint density at radius 1 is 1.38 bits per heavy atom. The summed E-state index contributed by atoms with van der Waals surface area (Å²) in [5.74, 6) is 1.16. The number of amides is 1. The third-order valence-corrected chi connectivity index (χ3v) is 4.90. The molecule has 5 heteroatoms. The molecular formula is C19H22N4O. The number of nitrogens with zero attached hydrogens (tertiary/aromatic N) is 1. The van der Waals surface area contributed by atoms with Crippen molar-refractivity contribution in [2.45, 2.75) is 32.6 Å². The quantitative estimate of drug-likeness (QED) is 0.691. The largest absolute Gasteiger partial charge is 0.361 e. The first-order chi connectivity index (χ1) is 11.7. The second-order valence-corrected chi connectivity index (χ2v) is 6.59. The van der Waals surface area contributed by atoms with E-state index in [9.17, 15) is 4.79 Å². The van der Waals surface area contributed by atoms with Crippen molar-refractivity contribution < 1.29 is 4.79 Å². The topological polar surface area (TPSA) is 73.6 Å². The minimum Gasteiger partial charge on any atom is -0.361 e. The molecule has 1 aromatic carbocycles. The lowest BCUT2D eigenvalue weighted by Crippen LogP contribution is -2.35. The summed E-state index contributed by atoms with van der Waals surface area (Å²) in [5, 5.41) is 4.34. The lowest BCUT2D eigenvalue weighted by molar-refractivity contribution is -0.125. The lowest BCUT2D eigenvalue weighted by atomic mass is 9.89. The summed E-state index contributed by atoms with van der Waals surface area (Å²) in [6, 6.07) is 8.26. The highest BCUT2D eigenvalue weighted by molar-refractivity contribution is 5.83. The molecule has 0 fully saturated rings. The molecule has 3 N–H and O–H groups in total. The van der Waals surface area contributed by atoms with Crippen LogP contribution in [0.5, 0.6) is 0 Å². The molecule has 3 aromatic rings. The summed E-state index contributed by atoms with van der Waals surface area (Å²) in [5.41, 5.74) is 4.67. The molecule has 1 aliphatic carbocycles. The molecule has 0 bridgehead atoms. The first kappa shape index (κ1) is 15.0. The summed E-state index contributed by atoms with van der Waals surface area (Å²) < 4.78 is 0. The maximum absolute atomic E-state index is 12.5. The van der Waals surface area contributed by atoms with Crippen molar-refractivity contribution >= 4 is 16.8 Å². The van der Waals surface area contributed by atoms with Gasteiger partial charge < -0.3 is 15.3 Å². The zero-order chi connectivity index (χ0) is 16.5. The van der Waals surface area contributed by atoms with Gasteiger partial charge >= 0.3 is 0 Å². The van der Waals surface area contributed by atoms with E-state index in [1.165, 1.54) is 10.9 Å². The van der Waals surface area contributed by atoms with E-state index in [1.807, 2.05) is 25.3 Å². The summed E-state index contributed by atoms with van der Waals surface area (Å²) >= 11 is 0.